The maximum Gasteiger partial charge on any atom is 0.354 e. The van der Waals surface area contributed by atoms with E-state index < -0.39 is 30.1 Å². The minimum Gasteiger partial charge on any atom is -0.459 e. The fourth-order valence-electron chi connectivity index (χ4n) is 2.05. The quantitative estimate of drug-likeness (QED) is 0.701. The maximum atomic E-state index is 11.7. The number of rotatable bonds is 3. The van der Waals surface area contributed by atoms with E-state index in [4.69, 9.17) is 15.2 Å². The Hall–Kier alpha value is -2.29. The van der Waals surface area contributed by atoms with Crippen molar-refractivity contribution in [3.63, 3.8) is 0 Å². The van der Waals surface area contributed by atoms with E-state index >= 15 is 0 Å². The average molecular weight is 282 g/mol. The molecule has 0 spiro atoms. The molecular formula is C11H14N4O5. The summed E-state index contributed by atoms with van der Waals surface area (Å²) < 4.78 is 11.6. The Labute approximate surface area is 113 Å². The predicted octanol–water partition coefficient (Wildman–Crippen LogP) is -0.971. The number of hydrogen-bond acceptors (Lipinski definition) is 8. The zero-order valence-corrected chi connectivity index (χ0v) is 11.0. The summed E-state index contributed by atoms with van der Waals surface area (Å²) in [5.74, 6) is -0.960. The van der Waals surface area contributed by atoms with Gasteiger partial charge in [-0.2, -0.15) is 4.98 Å². The van der Waals surface area contributed by atoms with Crippen molar-refractivity contribution in [2.75, 3.05) is 5.73 Å². The van der Waals surface area contributed by atoms with Gasteiger partial charge in [-0.05, 0) is 6.92 Å². The first kappa shape index (κ1) is 14.1. The second-order valence-corrected chi connectivity index (χ2v) is 4.41. The topological polar surface area (TPSA) is 126 Å². The predicted molar refractivity (Wildman–Crippen MR) is 65.5 cm³/mol. The molecule has 1 aromatic rings. The molecule has 0 unspecified atom stereocenters. The number of carbonyl (C=O) groups is 2. The lowest BCUT2D eigenvalue weighted by atomic mass is 10.1. The summed E-state index contributed by atoms with van der Waals surface area (Å²) in [7, 11) is 0. The van der Waals surface area contributed by atoms with Gasteiger partial charge in [-0.1, -0.05) is 0 Å². The largest absolute Gasteiger partial charge is 0.459 e. The zero-order valence-electron chi connectivity index (χ0n) is 11.0. The average Bonchev–Trinajstić information content (AvgIpc) is 2.71. The molecule has 3 atom stereocenters. The van der Waals surface area contributed by atoms with Crippen LogP contribution in [0.15, 0.2) is 11.1 Å². The summed E-state index contributed by atoms with van der Waals surface area (Å²) in [6.07, 6.45) is -1.08. The Balaban J connectivity index is 2.25. The molecule has 2 heterocycles. The first-order valence-corrected chi connectivity index (χ1v) is 5.92. The highest BCUT2D eigenvalue weighted by Gasteiger charge is 2.41. The molecule has 108 valence electrons. The number of anilines is 1. The van der Waals surface area contributed by atoms with Crippen LogP contribution in [0.4, 0.5) is 5.95 Å². The molecule has 0 saturated carbocycles. The normalized spacial score (nSPS) is 25.4. The third-order valence-electron chi connectivity index (χ3n) is 2.85. The lowest BCUT2D eigenvalue weighted by Crippen LogP contribution is -2.32. The van der Waals surface area contributed by atoms with Gasteiger partial charge in [0.1, 0.15) is 18.7 Å². The summed E-state index contributed by atoms with van der Waals surface area (Å²) in [6, 6.07) is 0. The van der Waals surface area contributed by atoms with E-state index in [1.807, 2.05) is 0 Å². The highest BCUT2D eigenvalue weighted by atomic mass is 16.6. The van der Waals surface area contributed by atoms with Crippen molar-refractivity contribution in [1.29, 1.82) is 0 Å². The van der Waals surface area contributed by atoms with Crippen molar-refractivity contribution in [3.05, 3.63) is 16.8 Å². The van der Waals surface area contributed by atoms with E-state index in [9.17, 15) is 14.4 Å². The highest BCUT2D eigenvalue weighted by molar-refractivity contribution is 5.82. The first-order valence-electron chi connectivity index (χ1n) is 5.92. The molecule has 0 amide bonds. The maximum absolute atomic E-state index is 11.7. The number of esters is 1. The summed E-state index contributed by atoms with van der Waals surface area (Å²) >= 11 is 0. The number of hydrogen-bond donors (Lipinski definition) is 1. The van der Waals surface area contributed by atoms with Gasteiger partial charge < -0.3 is 15.2 Å². The highest BCUT2D eigenvalue weighted by Crippen LogP contribution is 2.30. The van der Waals surface area contributed by atoms with Gasteiger partial charge in [0.25, 0.3) is 0 Å². The van der Waals surface area contributed by atoms with E-state index in [0.717, 1.165) is 4.57 Å². The molecule has 9 nitrogen and oxygen atoms in total. The molecule has 0 aromatic carbocycles. The van der Waals surface area contributed by atoms with Crippen LogP contribution in [0.2, 0.25) is 0 Å². The molecule has 0 aliphatic carbocycles. The second-order valence-electron chi connectivity index (χ2n) is 4.41. The Morgan fingerprint density at radius 1 is 1.50 bits per heavy atom. The fraction of sp³-hybridized carbons (Fsp3) is 0.545. The monoisotopic (exact) mass is 282 g/mol. The smallest absolute Gasteiger partial charge is 0.354 e. The molecule has 1 saturated heterocycles. The van der Waals surface area contributed by atoms with Crippen LogP contribution < -0.4 is 11.4 Å². The molecule has 9 heteroatoms. The fourth-order valence-corrected chi connectivity index (χ4v) is 2.05. The molecule has 0 bridgehead atoms. The van der Waals surface area contributed by atoms with E-state index in [1.54, 1.807) is 0 Å². The van der Waals surface area contributed by atoms with Crippen molar-refractivity contribution in [2.24, 2.45) is 0 Å². The van der Waals surface area contributed by atoms with Gasteiger partial charge in [0.05, 0.1) is 0 Å². The SMILES string of the molecule is CC(=O)O[C@H]1C[C@H](n2cnc(N)nc2=O)O[C@@H]1C(C)=O. The standard InChI is InChI=1S/C11H14N4O5/c1-5(16)9-7(19-6(2)17)3-8(20-9)15-4-13-10(12)14-11(15)18/h4,7-9H,3H2,1-2H3,(H2,12,14,18)/t7-,8+,9+/m0/s1. The third kappa shape index (κ3) is 2.82. The number of nitrogen functional groups attached to an aromatic ring is 1. The van der Waals surface area contributed by atoms with Crippen LogP contribution in [0.1, 0.15) is 26.5 Å². The van der Waals surface area contributed by atoms with Crippen LogP contribution in [-0.2, 0) is 19.1 Å². The number of ketones is 1. The van der Waals surface area contributed by atoms with Crippen LogP contribution in [0, 0.1) is 0 Å². The van der Waals surface area contributed by atoms with Crippen LogP contribution in [0.5, 0.6) is 0 Å². The van der Waals surface area contributed by atoms with Crippen LogP contribution in [0.3, 0.4) is 0 Å². The molecule has 20 heavy (non-hydrogen) atoms. The molecule has 1 aliphatic heterocycles. The molecule has 0 radical (unpaired) electrons. The number of carbonyl (C=O) groups excluding carboxylic acids is 2. The van der Waals surface area contributed by atoms with Gasteiger partial charge in [-0.15, -0.1) is 0 Å². The van der Waals surface area contributed by atoms with E-state index in [2.05, 4.69) is 9.97 Å². The Kier molecular flexibility index (Phi) is 3.79. The van der Waals surface area contributed by atoms with Crippen molar-refractivity contribution < 1.29 is 19.1 Å². The van der Waals surface area contributed by atoms with E-state index in [0.29, 0.717) is 0 Å². The van der Waals surface area contributed by atoms with Gasteiger partial charge in [-0.25, -0.2) is 9.78 Å². The summed E-state index contributed by atoms with van der Waals surface area (Å²) in [6.45, 7) is 2.56. The molecule has 1 aromatic heterocycles. The third-order valence-corrected chi connectivity index (χ3v) is 2.85. The number of aromatic nitrogens is 3. The lowest BCUT2D eigenvalue weighted by molar-refractivity contribution is -0.152. The van der Waals surface area contributed by atoms with Gasteiger partial charge >= 0.3 is 11.7 Å². The zero-order chi connectivity index (χ0) is 14.9. The minimum atomic E-state index is -0.909. The van der Waals surface area contributed by atoms with E-state index in [1.165, 1.54) is 20.2 Å². The molecule has 2 rings (SSSR count). The lowest BCUT2D eigenvalue weighted by Gasteiger charge is -2.14. The van der Waals surface area contributed by atoms with Crippen molar-refractivity contribution >= 4 is 17.7 Å². The van der Waals surface area contributed by atoms with Crippen LogP contribution in [-0.4, -0.2) is 38.5 Å². The molecular weight excluding hydrogens is 268 g/mol. The summed E-state index contributed by atoms with van der Waals surface area (Å²) in [5, 5.41) is 0. The van der Waals surface area contributed by atoms with Crippen LogP contribution >= 0.6 is 0 Å². The van der Waals surface area contributed by atoms with Crippen molar-refractivity contribution in [3.8, 4) is 0 Å². The van der Waals surface area contributed by atoms with Crippen LogP contribution in [0.25, 0.3) is 0 Å². The van der Waals surface area contributed by atoms with Crippen molar-refractivity contribution in [2.45, 2.75) is 38.7 Å². The minimum absolute atomic E-state index is 0.149. The van der Waals surface area contributed by atoms with Gasteiger partial charge in [-0.3, -0.25) is 14.2 Å². The number of Topliss-reactive ketones (excluding diaryl/α,β-unsaturated/α-hetero) is 1. The number of nitrogens with zero attached hydrogens (tertiary/aromatic N) is 3. The number of ether oxygens (including phenoxy) is 2. The molecule has 1 fully saturated rings. The first-order chi connectivity index (χ1) is 9.38. The Morgan fingerprint density at radius 3 is 2.75 bits per heavy atom. The van der Waals surface area contributed by atoms with Gasteiger partial charge in [0.2, 0.25) is 5.95 Å². The van der Waals surface area contributed by atoms with Gasteiger partial charge in [0, 0.05) is 13.3 Å². The summed E-state index contributed by atoms with van der Waals surface area (Å²) in [5.41, 5.74) is 4.65. The van der Waals surface area contributed by atoms with Crippen molar-refractivity contribution in [1.82, 2.24) is 14.5 Å². The van der Waals surface area contributed by atoms with E-state index in [-0.39, 0.29) is 18.2 Å². The molecule has 1 aliphatic rings. The second kappa shape index (κ2) is 5.37. The summed E-state index contributed by atoms with van der Waals surface area (Å²) in [4.78, 5) is 41.4. The molecule has 2 N–H and O–H groups in total. The number of nitrogens with two attached hydrogens (primary N) is 1. The Bertz CT molecular complexity index is 599. The van der Waals surface area contributed by atoms with Gasteiger partial charge in [0.15, 0.2) is 11.9 Å². The Morgan fingerprint density at radius 2 is 2.20 bits per heavy atom.